The number of rotatable bonds is 4. The molecule has 7 heteroatoms. The second-order valence-corrected chi connectivity index (χ2v) is 4.81. The van der Waals surface area contributed by atoms with Crippen LogP contribution in [0.4, 0.5) is 5.95 Å². The van der Waals surface area contributed by atoms with E-state index in [4.69, 9.17) is 0 Å². The van der Waals surface area contributed by atoms with Gasteiger partial charge in [-0.05, 0) is 12.5 Å². The average molecular weight is 285 g/mol. The van der Waals surface area contributed by atoms with Crippen molar-refractivity contribution in [1.82, 2.24) is 19.9 Å². The van der Waals surface area contributed by atoms with E-state index in [2.05, 4.69) is 25.3 Å². The van der Waals surface area contributed by atoms with Crippen molar-refractivity contribution in [3.63, 3.8) is 0 Å². The Morgan fingerprint density at radius 3 is 2.81 bits per heavy atom. The minimum atomic E-state index is -0.356. The first-order chi connectivity index (χ1) is 10.2. The molecule has 3 aromatic rings. The van der Waals surface area contributed by atoms with Crippen LogP contribution in [-0.2, 0) is 0 Å². The minimum Gasteiger partial charge on any atom is -0.394 e. The van der Waals surface area contributed by atoms with Crippen molar-refractivity contribution in [1.29, 1.82) is 0 Å². The number of aryl methyl sites for hydroxylation is 1. The average Bonchev–Trinajstić information content (AvgIpc) is 2.95. The fraction of sp³-hybridized carbons (Fsp3) is 0.214. The van der Waals surface area contributed by atoms with Crippen molar-refractivity contribution < 1.29 is 5.11 Å². The Hall–Kier alpha value is -2.67. The van der Waals surface area contributed by atoms with Crippen molar-refractivity contribution in [3.05, 3.63) is 52.1 Å². The zero-order valence-electron chi connectivity index (χ0n) is 11.4. The van der Waals surface area contributed by atoms with Crippen molar-refractivity contribution in [2.45, 2.75) is 13.0 Å². The third kappa shape index (κ3) is 2.63. The molecule has 0 radical (unpaired) electrons. The first-order valence-electron chi connectivity index (χ1n) is 6.55. The molecular formula is C14H15N5O2. The molecule has 2 heterocycles. The topological polar surface area (TPSA) is 107 Å². The summed E-state index contributed by atoms with van der Waals surface area (Å²) in [6.07, 6.45) is 1.42. The van der Waals surface area contributed by atoms with E-state index in [1.54, 1.807) is 0 Å². The largest absolute Gasteiger partial charge is 0.394 e. The van der Waals surface area contributed by atoms with Gasteiger partial charge in [0.2, 0.25) is 5.95 Å². The lowest BCUT2D eigenvalue weighted by Crippen LogP contribution is -2.19. The van der Waals surface area contributed by atoms with Gasteiger partial charge in [-0.3, -0.25) is 9.78 Å². The molecule has 0 fully saturated rings. The molecule has 0 aliphatic carbocycles. The maximum atomic E-state index is 11.8. The maximum Gasteiger partial charge on any atom is 0.278 e. The van der Waals surface area contributed by atoms with Crippen LogP contribution in [0, 0.1) is 6.92 Å². The number of aliphatic hydroxyl groups excluding tert-OH is 1. The molecule has 4 N–H and O–H groups in total. The predicted octanol–water partition coefficient (Wildman–Crippen LogP) is 1.10. The van der Waals surface area contributed by atoms with Crippen LogP contribution in [0.5, 0.6) is 0 Å². The molecule has 1 aromatic carbocycles. The number of nitrogens with zero attached hydrogens (tertiary/aromatic N) is 2. The molecule has 2 aromatic heterocycles. The number of H-pyrrole nitrogens is 2. The first-order valence-corrected chi connectivity index (χ1v) is 6.55. The molecule has 0 bridgehead atoms. The molecule has 0 saturated carbocycles. The number of aromatic nitrogens is 4. The van der Waals surface area contributed by atoms with Gasteiger partial charge in [0.05, 0.1) is 19.0 Å². The van der Waals surface area contributed by atoms with Crippen LogP contribution in [0.2, 0.25) is 0 Å². The highest BCUT2D eigenvalue weighted by molar-refractivity contribution is 5.69. The number of aromatic amines is 2. The Kier molecular flexibility index (Phi) is 3.41. The van der Waals surface area contributed by atoms with Gasteiger partial charge in [-0.15, -0.1) is 0 Å². The summed E-state index contributed by atoms with van der Waals surface area (Å²) in [4.78, 5) is 25.4. The van der Waals surface area contributed by atoms with Crippen molar-refractivity contribution in [2.24, 2.45) is 0 Å². The van der Waals surface area contributed by atoms with E-state index in [0.717, 1.165) is 11.1 Å². The summed E-state index contributed by atoms with van der Waals surface area (Å²) in [5, 5.41) is 12.6. The number of anilines is 1. The normalized spacial score (nSPS) is 12.5. The van der Waals surface area contributed by atoms with E-state index < -0.39 is 0 Å². The minimum absolute atomic E-state index is 0.120. The SMILES string of the molecule is Cc1ccc([C@H](CO)Nc2nc3nc[nH]c3c(=O)[nH]2)cc1. The molecule has 0 amide bonds. The van der Waals surface area contributed by atoms with E-state index >= 15 is 0 Å². The first kappa shape index (κ1) is 13.3. The summed E-state index contributed by atoms with van der Waals surface area (Å²) in [7, 11) is 0. The summed E-state index contributed by atoms with van der Waals surface area (Å²) < 4.78 is 0. The predicted molar refractivity (Wildman–Crippen MR) is 79.1 cm³/mol. The molecule has 0 spiro atoms. The van der Waals surface area contributed by atoms with Crippen LogP contribution in [0.3, 0.4) is 0 Å². The summed E-state index contributed by atoms with van der Waals surface area (Å²) >= 11 is 0. The van der Waals surface area contributed by atoms with E-state index in [1.807, 2.05) is 31.2 Å². The standard InChI is InChI=1S/C14H15N5O2/c1-8-2-4-9(5-3-8)10(6-20)17-14-18-12-11(13(21)19-14)15-7-16-12/h2-5,7,10,20H,6H2,1H3,(H3,15,16,17,18,19,21)/t10-/m0/s1. The number of benzene rings is 1. The summed E-state index contributed by atoms with van der Waals surface area (Å²) in [6.45, 7) is 1.88. The lowest BCUT2D eigenvalue weighted by atomic mass is 10.1. The van der Waals surface area contributed by atoms with E-state index in [-0.39, 0.29) is 24.2 Å². The summed E-state index contributed by atoms with van der Waals surface area (Å²) in [6, 6.07) is 7.42. The highest BCUT2D eigenvalue weighted by Crippen LogP contribution is 2.17. The molecule has 21 heavy (non-hydrogen) atoms. The lowest BCUT2D eigenvalue weighted by Gasteiger charge is -2.17. The monoisotopic (exact) mass is 285 g/mol. The number of hydrogen-bond acceptors (Lipinski definition) is 5. The van der Waals surface area contributed by atoms with Crippen molar-refractivity contribution in [3.8, 4) is 0 Å². The number of aliphatic hydroxyl groups is 1. The third-order valence-electron chi connectivity index (χ3n) is 3.27. The van der Waals surface area contributed by atoms with Crippen LogP contribution in [0.25, 0.3) is 11.2 Å². The van der Waals surface area contributed by atoms with Crippen LogP contribution >= 0.6 is 0 Å². The number of imidazole rings is 1. The molecule has 0 aliphatic rings. The number of fused-ring (bicyclic) bond motifs is 1. The van der Waals surface area contributed by atoms with Crippen LogP contribution in [0.1, 0.15) is 17.2 Å². The van der Waals surface area contributed by atoms with Gasteiger partial charge < -0.3 is 15.4 Å². The fourth-order valence-electron chi connectivity index (χ4n) is 2.11. The molecule has 3 rings (SSSR count). The Morgan fingerprint density at radius 1 is 1.33 bits per heavy atom. The zero-order valence-corrected chi connectivity index (χ0v) is 11.4. The zero-order chi connectivity index (χ0) is 14.8. The van der Waals surface area contributed by atoms with Gasteiger partial charge in [-0.2, -0.15) is 4.98 Å². The van der Waals surface area contributed by atoms with Gasteiger partial charge in [-0.1, -0.05) is 29.8 Å². The van der Waals surface area contributed by atoms with Gasteiger partial charge in [-0.25, -0.2) is 4.98 Å². The fourth-order valence-corrected chi connectivity index (χ4v) is 2.11. The number of nitrogens with one attached hydrogen (secondary N) is 3. The van der Waals surface area contributed by atoms with Gasteiger partial charge >= 0.3 is 0 Å². The second-order valence-electron chi connectivity index (χ2n) is 4.81. The van der Waals surface area contributed by atoms with Gasteiger partial charge in [0, 0.05) is 0 Å². The summed E-state index contributed by atoms with van der Waals surface area (Å²) in [5.74, 6) is 0.277. The Labute approximate surface area is 120 Å². The molecule has 7 nitrogen and oxygen atoms in total. The molecular weight excluding hydrogens is 270 g/mol. The van der Waals surface area contributed by atoms with E-state index in [1.165, 1.54) is 6.33 Å². The summed E-state index contributed by atoms with van der Waals surface area (Å²) in [5.41, 5.74) is 2.41. The van der Waals surface area contributed by atoms with Gasteiger partial charge in [0.15, 0.2) is 11.2 Å². The molecule has 0 saturated heterocycles. The smallest absolute Gasteiger partial charge is 0.278 e. The van der Waals surface area contributed by atoms with Crippen molar-refractivity contribution in [2.75, 3.05) is 11.9 Å². The highest BCUT2D eigenvalue weighted by Gasteiger charge is 2.13. The number of hydrogen-bond donors (Lipinski definition) is 4. The highest BCUT2D eigenvalue weighted by atomic mass is 16.3. The Balaban J connectivity index is 1.91. The second kappa shape index (κ2) is 5.37. The molecule has 0 unspecified atom stereocenters. The lowest BCUT2D eigenvalue weighted by molar-refractivity contribution is 0.276. The molecule has 108 valence electrons. The van der Waals surface area contributed by atoms with Crippen LogP contribution in [-0.4, -0.2) is 31.6 Å². The van der Waals surface area contributed by atoms with Crippen molar-refractivity contribution >= 4 is 17.1 Å². The maximum absolute atomic E-state index is 11.8. The van der Waals surface area contributed by atoms with Gasteiger partial charge in [0.1, 0.15) is 0 Å². The molecule has 0 aliphatic heterocycles. The van der Waals surface area contributed by atoms with Crippen LogP contribution < -0.4 is 10.9 Å². The Bertz CT molecular complexity index is 806. The van der Waals surface area contributed by atoms with Gasteiger partial charge in [0.25, 0.3) is 5.56 Å². The quantitative estimate of drug-likeness (QED) is 0.574. The van der Waals surface area contributed by atoms with E-state index in [0.29, 0.717) is 11.2 Å². The Morgan fingerprint density at radius 2 is 2.10 bits per heavy atom. The third-order valence-corrected chi connectivity index (χ3v) is 3.27. The van der Waals surface area contributed by atoms with E-state index in [9.17, 15) is 9.90 Å². The van der Waals surface area contributed by atoms with Crippen LogP contribution in [0.15, 0.2) is 35.4 Å². The molecule has 1 atom stereocenters.